The number of fused-ring (bicyclic) bond motifs is 1. The molecule has 0 aromatic heterocycles. The van der Waals surface area contributed by atoms with E-state index in [1.807, 2.05) is 0 Å². The van der Waals surface area contributed by atoms with Crippen LogP contribution in [0.2, 0.25) is 0 Å². The molecule has 1 amide bonds. The van der Waals surface area contributed by atoms with Crippen LogP contribution in [0.1, 0.15) is 1.37 Å². The van der Waals surface area contributed by atoms with Gasteiger partial charge in [0.15, 0.2) is 11.5 Å². The predicted octanol–water partition coefficient (Wildman–Crippen LogP) is -0.564. The van der Waals surface area contributed by atoms with Gasteiger partial charge in [0.05, 0.1) is 0 Å². The SMILES string of the molecule is [2H]C1=NC2=NC=NC(=O)C2=N1. The third kappa shape index (κ3) is 0.540. The molecule has 0 fully saturated rings. The summed E-state index contributed by atoms with van der Waals surface area (Å²) < 4.78 is 6.99. The molecule has 0 unspecified atom stereocenters. The first-order valence-corrected chi connectivity index (χ1v) is 2.56. The normalized spacial score (nSPS) is 23.0. The maximum absolute atomic E-state index is 10.9. The lowest BCUT2D eigenvalue weighted by Gasteiger charge is -1.96. The third-order valence-electron chi connectivity index (χ3n) is 1.09. The van der Waals surface area contributed by atoms with Crippen LogP contribution in [-0.2, 0) is 4.79 Å². The molecule has 0 atom stereocenters. The first-order chi connectivity index (χ1) is 5.27. The summed E-state index contributed by atoms with van der Waals surface area (Å²) in [6.45, 7) is 0. The predicted molar refractivity (Wildman–Crippen MR) is 36.9 cm³/mol. The molecule has 2 aliphatic rings. The van der Waals surface area contributed by atoms with Crippen molar-refractivity contribution in [3.63, 3.8) is 0 Å². The number of aliphatic imine (C=N–C) groups is 4. The fraction of sp³-hybridized carbons (Fsp3) is 0. The summed E-state index contributed by atoms with van der Waals surface area (Å²) in [6.07, 6.45) is 0.913. The minimum atomic E-state index is -0.485. The molecule has 0 saturated heterocycles. The molecule has 0 aromatic carbocycles. The monoisotopic (exact) mass is 135 g/mol. The Kier molecular flexibility index (Phi) is 0.700. The van der Waals surface area contributed by atoms with E-state index in [0.29, 0.717) is 0 Å². The van der Waals surface area contributed by atoms with Gasteiger partial charge in [-0.15, -0.1) is 0 Å². The van der Waals surface area contributed by atoms with Crippen LogP contribution in [0.15, 0.2) is 20.0 Å². The van der Waals surface area contributed by atoms with E-state index in [2.05, 4.69) is 20.0 Å². The van der Waals surface area contributed by atoms with Gasteiger partial charge in [-0.3, -0.25) is 4.79 Å². The molecule has 0 N–H and O–H groups in total. The zero-order valence-corrected chi connectivity index (χ0v) is 4.77. The second-order valence-electron chi connectivity index (χ2n) is 1.67. The molecule has 0 saturated carbocycles. The standard InChI is InChI=1S/C5H2N4O/c10-5-3-4(7-1-6-3)8-2-9-5/h1-2H/i1D. The lowest BCUT2D eigenvalue weighted by atomic mass is 10.3. The Hall–Kier alpha value is -1.65. The van der Waals surface area contributed by atoms with Gasteiger partial charge in [0.25, 0.3) is 0 Å². The maximum atomic E-state index is 10.9. The fourth-order valence-electron chi connectivity index (χ4n) is 0.656. The summed E-state index contributed by atoms with van der Waals surface area (Å²) in [6, 6.07) is 0. The molecule has 0 spiro atoms. The summed E-state index contributed by atoms with van der Waals surface area (Å²) in [4.78, 5) is 25.0. The molecule has 2 rings (SSSR count). The molecular weight excluding hydrogens is 132 g/mol. The highest BCUT2D eigenvalue weighted by Gasteiger charge is 2.21. The van der Waals surface area contributed by atoms with E-state index in [4.69, 9.17) is 1.37 Å². The zero-order valence-electron chi connectivity index (χ0n) is 5.77. The highest BCUT2D eigenvalue weighted by molar-refractivity contribution is 6.70. The Balaban J connectivity index is 2.53. The molecule has 0 bridgehead atoms. The smallest absolute Gasteiger partial charge is 0.265 e. The quantitative estimate of drug-likeness (QED) is 0.438. The van der Waals surface area contributed by atoms with Crippen LogP contribution in [0.5, 0.6) is 0 Å². The number of amides is 1. The third-order valence-corrected chi connectivity index (χ3v) is 1.09. The van der Waals surface area contributed by atoms with Crippen molar-refractivity contribution in [3.8, 4) is 0 Å². The molecule has 5 heteroatoms. The van der Waals surface area contributed by atoms with Gasteiger partial charge in [-0.1, -0.05) is 0 Å². The second kappa shape index (κ2) is 1.66. The summed E-state index contributed by atoms with van der Waals surface area (Å²) in [5.74, 6) is -0.295. The molecule has 0 aliphatic carbocycles. The van der Waals surface area contributed by atoms with Crippen LogP contribution in [0.4, 0.5) is 0 Å². The number of hydrogen-bond acceptors (Lipinski definition) is 4. The Labute approximate surface area is 57.3 Å². The second-order valence-corrected chi connectivity index (χ2v) is 1.67. The Bertz CT molecular complexity index is 351. The molecule has 0 radical (unpaired) electrons. The van der Waals surface area contributed by atoms with Gasteiger partial charge in [-0.2, -0.15) is 4.99 Å². The molecular formula is C5H2N4O. The van der Waals surface area contributed by atoms with Gasteiger partial charge in [-0.25, -0.2) is 15.0 Å². The summed E-state index contributed by atoms with van der Waals surface area (Å²) in [5.41, 5.74) is 0.0671. The summed E-state index contributed by atoms with van der Waals surface area (Å²) >= 11 is 0. The van der Waals surface area contributed by atoms with Gasteiger partial charge in [-0.05, 0) is 0 Å². The van der Waals surface area contributed by atoms with E-state index in [1.165, 1.54) is 0 Å². The number of hydrogen-bond donors (Lipinski definition) is 0. The fourth-order valence-corrected chi connectivity index (χ4v) is 0.656. The lowest BCUT2D eigenvalue weighted by molar-refractivity contribution is -0.111. The lowest BCUT2D eigenvalue weighted by Crippen LogP contribution is -2.21. The average molecular weight is 135 g/mol. The van der Waals surface area contributed by atoms with Crippen molar-refractivity contribution in [2.24, 2.45) is 20.0 Å². The van der Waals surface area contributed by atoms with E-state index < -0.39 is 5.91 Å². The van der Waals surface area contributed by atoms with Crippen LogP contribution < -0.4 is 0 Å². The minimum absolute atomic E-state index is 0.0671. The van der Waals surface area contributed by atoms with Crippen LogP contribution in [-0.4, -0.2) is 30.1 Å². The van der Waals surface area contributed by atoms with E-state index in [9.17, 15) is 4.79 Å². The Morgan fingerprint density at radius 3 is 3.10 bits per heavy atom. The number of amidine groups is 2. The summed E-state index contributed by atoms with van der Waals surface area (Å²) in [5, 5.41) is 0. The Morgan fingerprint density at radius 1 is 1.40 bits per heavy atom. The van der Waals surface area contributed by atoms with Gasteiger partial charge >= 0.3 is 5.91 Å². The van der Waals surface area contributed by atoms with Gasteiger partial charge in [0.1, 0.15) is 14.0 Å². The average Bonchev–Trinajstić information content (AvgIpc) is 2.31. The van der Waals surface area contributed by atoms with Crippen molar-refractivity contribution in [2.45, 2.75) is 0 Å². The van der Waals surface area contributed by atoms with E-state index in [0.717, 1.165) is 6.34 Å². The number of carbonyl (C=O) groups excluding carboxylic acids is 1. The molecule has 0 aromatic rings. The number of rotatable bonds is 0. The van der Waals surface area contributed by atoms with Crippen molar-refractivity contribution >= 4 is 30.1 Å². The molecule has 48 valence electrons. The van der Waals surface area contributed by atoms with E-state index in [1.54, 1.807) is 0 Å². The van der Waals surface area contributed by atoms with Crippen molar-refractivity contribution < 1.29 is 6.17 Å². The highest BCUT2D eigenvalue weighted by atomic mass is 16.1. The zero-order chi connectivity index (χ0) is 7.84. The topological polar surface area (TPSA) is 66.5 Å². The number of carbonyl (C=O) groups is 1. The first kappa shape index (κ1) is 4.21. The molecule has 10 heavy (non-hydrogen) atoms. The van der Waals surface area contributed by atoms with Gasteiger partial charge in [0.2, 0.25) is 0 Å². The minimum Gasteiger partial charge on any atom is -0.265 e. The maximum Gasteiger partial charge on any atom is 0.301 e. The van der Waals surface area contributed by atoms with Crippen molar-refractivity contribution in [1.29, 1.82) is 0 Å². The van der Waals surface area contributed by atoms with E-state index >= 15 is 0 Å². The van der Waals surface area contributed by atoms with Crippen LogP contribution in [0.25, 0.3) is 0 Å². The molecule has 2 aliphatic heterocycles. The van der Waals surface area contributed by atoms with Gasteiger partial charge in [0, 0.05) is 0 Å². The molecule has 2 heterocycles. The summed E-state index contributed by atoms with van der Waals surface area (Å²) in [7, 11) is 0. The van der Waals surface area contributed by atoms with Crippen molar-refractivity contribution in [2.75, 3.05) is 0 Å². The highest BCUT2D eigenvalue weighted by Crippen LogP contribution is 1.99. The first-order valence-electron chi connectivity index (χ1n) is 3.06. The van der Waals surface area contributed by atoms with Gasteiger partial charge < -0.3 is 0 Å². The van der Waals surface area contributed by atoms with Crippen LogP contribution >= 0.6 is 0 Å². The van der Waals surface area contributed by atoms with Crippen molar-refractivity contribution in [3.05, 3.63) is 0 Å². The van der Waals surface area contributed by atoms with Crippen molar-refractivity contribution in [1.82, 2.24) is 0 Å². The van der Waals surface area contributed by atoms with Crippen LogP contribution in [0, 0.1) is 0 Å². The van der Waals surface area contributed by atoms with Crippen LogP contribution in [0.3, 0.4) is 0 Å². The molecule has 5 nitrogen and oxygen atoms in total. The van der Waals surface area contributed by atoms with E-state index in [-0.39, 0.29) is 17.9 Å². The largest absolute Gasteiger partial charge is 0.301 e. The Morgan fingerprint density at radius 2 is 2.30 bits per heavy atom. The number of nitrogens with zero attached hydrogens (tertiary/aromatic N) is 4.